The van der Waals surface area contributed by atoms with Crippen LogP contribution in [0.3, 0.4) is 0 Å². The van der Waals surface area contributed by atoms with Gasteiger partial charge in [-0.05, 0) is 37.6 Å². The van der Waals surface area contributed by atoms with Gasteiger partial charge in [0.25, 0.3) is 5.91 Å². The molecule has 1 amide bonds. The van der Waals surface area contributed by atoms with Crippen molar-refractivity contribution >= 4 is 23.6 Å². The van der Waals surface area contributed by atoms with Crippen LogP contribution in [0.4, 0.5) is 18.9 Å². The molecule has 0 fully saturated rings. The highest BCUT2D eigenvalue weighted by Gasteiger charge is 2.20. The summed E-state index contributed by atoms with van der Waals surface area (Å²) in [6.45, 7) is 3.17. The molecule has 136 valence electrons. The van der Waals surface area contributed by atoms with E-state index in [-0.39, 0.29) is 0 Å². The molecule has 2 aromatic rings. The minimum absolute atomic E-state index is 0.549. The summed E-state index contributed by atoms with van der Waals surface area (Å²) in [6, 6.07) is 8.92. The highest BCUT2D eigenvalue weighted by molar-refractivity contribution is 5.96. The molecule has 0 unspecified atom stereocenters. The summed E-state index contributed by atoms with van der Waals surface area (Å²) < 4.78 is 44.5. The first-order valence-electron chi connectivity index (χ1n) is 7.67. The maximum Gasteiger partial charge on any atom is 0.331 e. The number of anilines is 1. The molecule has 0 bridgehead atoms. The van der Waals surface area contributed by atoms with Gasteiger partial charge in [0, 0.05) is 6.08 Å². The number of rotatable bonds is 5. The molecule has 0 aliphatic rings. The first-order valence-corrected chi connectivity index (χ1v) is 7.67. The second-order valence-electron chi connectivity index (χ2n) is 5.54. The lowest BCUT2D eigenvalue weighted by Crippen LogP contribution is -2.29. The molecule has 0 aromatic heterocycles. The Morgan fingerprint density at radius 1 is 1.12 bits per heavy atom. The zero-order valence-corrected chi connectivity index (χ0v) is 14.1. The molecule has 1 N–H and O–H groups in total. The largest absolute Gasteiger partial charge is 0.449 e. The van der Waals surface area contributed by atoms with E-state index >= 15 is 0 Å². The SMILES string of the molecule is Cc1cccc(/C=C/C(=O)O[C@H](C)C(=O)Nc2ccc(F)c(F)c2F)c1. The zero-order chi connectivity index (χ0) is 19.3. The van der Waals surface area contributed by atoms with E-state index in [2.05, 4.69) is 0 Å². The van der Waals surface area contributed by atoms with E-state index < -0.39 is 41.1 Å². The number of esters is 1. The third-order valence-electron chi connectivity index (χ3n) is 3.41. The minimum Gasteiger partial charge on any atom is -0.449 e. The monoisotopic (exact) mass is 363 g/mol. The van der Waals surface area contributed by atoms with Gasteiger partial charge in [-0.2, -0.15) is 0 Å². The van der Waals surface area contributed by atoms with Gasteiger partial charge in [0.1, 0.15) is 0 Å². The van der Waals surface area contributed by atoms with Gasteiger partial charge in [-0.15, -0.1) is 0 Å². The minimum atomic E-state index is -1.70. The highest BCUT2D eigenvalue weighted by Crippen LogP contribution is 2.20. The highest BCUT2D eigenvalue weighted by atomic mass is 19.2. The maximum atomic E-state index is 13.5. The van der Waals surface area contributed by atoms with E-state index in [1.165, 1.54) is 13.0 Å². The van der Waals surface area contributed by atoms with Crippen LogP contribution in [0.2, 0.25) is 0 Å². The van der Waals surface area contributed by atoms with Crippen LogP contribution in [0, 0.1) is 24.4 Å². The lowest BCUT2D eigenvalue weighted by molar-refractivity contribution is -0.148. The van der Waals surface area contributed by atoms with Crippen LogP contribution in [-0.2, 0) is 14.3 Å². The smallest absolute Gasteiger partial charge is 0.331 e. The van der Waals surface area contributed by atoms with Gasteiger partial charge in [-0.1, -0.05) is 29.8 Å². The molecule has 0 aliphatic carbocycles. The molecule has 0 heterocycles. The summed E-state index contributed by atoms with van der Waals surface area (Å²) in [5.41, 5.74) is 1.25. The molecule has 0 aliphatic heterocycles. The number of hydrogen-bond acceptors (Lipinski definition) is 3. The van der Waals surface area contributed by atoms with Crippen molar-refractivity contribution in [2.45, 2.75) is 20.0 Å². The third-order valence-corrected chi connectivity index (χ3v) is 3.41. The van der Waals surface area contributed by atoms with Crippen molar-refractivity contribution < 1.29 is 27.5 Å². The summed E-state index contributed by atoms with van der Waals surface area (Å²) >= 11 is 0. The summed E-state index contributed by atoms with van der Waals surface area (Å²) in [5.74, 6) is -6.27. The molecule has 4 nitrogen and oxygen atoms in total. The van der Waals surface area contributed by atoms with Gasteiger partial charge in [-0.3, -0.25) is 4.79 Å². The molecule has 1 atom stereocenters. The zero-order valence-electron chi connectivity index (χ0n) is 14.1. The van der Waals surface area contributed by atoms with Gasteiger partial charge in [-0.25, -0.2) is 18.0 Å². The van der Waals surface area contributed by atoms with Crippen molar-refractivity contribution in [2.75, 3.05) is 5.32 Å². The normalized spacial score (nSPS) is 12.0. The van der Waals surface area contributed by atoms with Crippen LogP contribution in [0.25, 0.3) is 6.08 Å². The fourth-order valence-electron chi connectivity index (χ4n) is 2.06. The summed E-state index contributed by atoms with van der Waals surface area (Å²) in [6.07, 6.45) is 1.41. The summed E-state index contributed by atoms with van der Waals surface area (Å²) in [4.78, 5) is 23.7. The molecule has 0 saturated carbocycles. The van der Waals surface area contributed by atoms with Gasteiger partial charge in [0.05, 0.1) is 5.69 Å². The average molecular weight is 363 g/mol. The lowest BCUT2D eigenvalue weighted by Gasteiger charge is -2.13. The van der Waals surface area contributed by atoms with Crippen molar-refractivity contribution in [2.24, 2.45) is 0 Å². The standard InChI is InChI=1S/C19H16F3NO3/c1-11-4-3-5-13(10-11)6-9-16(24)26-12(2)19(25)23-15-8-7-14(20)17(21)18(15)22/h3-10,12H,1-2H3,(H,23,25)/b9-6+/t12-/m1/s1. The van der Waals surface area contributed by atoms with Crippen LogP contribution in [0.15, 0.2) is 42.5 Å². The van der Waals surface area contributed by atoms with E-state index in [1.54, 1.807) is 6.07 Å². The number of hydrogen-bond donors (Lipinski definition) is 1. The Morgan fingerprint density at radius 3 is 2.54 bits per heavy atom. The van der Waals surface area contributed by atoms with Crippen LogP contribution < -0.4 is 5.32 Å². The Bertz CT molecular complexity index is 865. The first-order chi connectivity index (χ1) is 12.3. The topological polar surface area (TPSA) is 55.4 Å². The quantitative estimate of drug-likeness (QED) is 0.496. The van der Waals surface area contributed by atoms with Crippen molar-refractivity contribution in [1.29, 1.82) is 0 Å². The fourth-order valence-corrected chi connectivity index (χ4v) is 2.06. The number of halogens is 3. The fraction of sp³-hybridized carbons (Fsp3) is 0.158. The van der Waals surface area contributed by atoms with E-state index in [1.807, 2.05) is 30.4 Å². The van der Waals surface area contributed by atoms with E-state index in [0.717, 1.165) is 23.3 Å². The Labute approximate surface area is 148 Å². The number of amides is 1. The molecule has 7 heteroatoms. The number of carbonyl (C=O) groups excluding carboxylic acids is 2. The van der Waals surface area contributed by atoms with Gasteiger partial charge < -0.3 is 10.1 Å². The van der Waals surface area contributed by atoms with E-state index in [0.29, 0.717) is 6.07 Å². The predicted octanol–water partition coefficient (Wildman–Crippen LogP) is 4.00. The van der Waals surface area contributed by atoms with Gasteiger partial charge >= 0.3 is 5.97 Å². The Hall–Kier alpha value is -3.09. The summed E-state index contributed by atoms with van der Waals surface area (Å²) in [5, 5.41) is 2.04. The molecule has 0 spiro atoms. The van der Waals surface area contributed by atoms with Crippen molar-refractivity contribution in [3.63, 3.8) is 0 Å². The predicted molar refractivity (Wildman–Crippen MR) is 90.7 cm³/mol. The molecule has 26 heavy (non-hydrogen) atoms. The first kappa shape index (κ1) is 19.2. The second kappa shape index (κ2) is 8.33. The van der Waals surface area contributed by atoms with Crippen LogP contribution in [0.1, 0.15) is 18.1 Å². The van der Waals surface area contributed by atoms with Gasteiger partial charge in [0.15, 0.2) is 23.6 Å². The molecule has 2 rings (SSSR count). The lowest BCUT2D eigenvalue weighted by atomic mass is 10.1. The second-order valence-corrected chi connectivity index (χ2v) is 5.54. The molecular weight excluding hydrogens is 347 g/mol. The van der Waals surface area contributed by atoms with E-state index in [4.69, 9.17) is 4.74 Å². The molecule has 2 aromatic carbocycles. The van der Waals surface area contributed by atoms with Crippen molar-refractivity contribution in [1.82, 2.24) is 0 Å². The number of aryl methyl sites for hydroxylation is 1. The van der Waals surface area contributed by atoms with Crippen LogP contribution in [0.5, 0.6) is 0 Å². The molecule has 0 saturated heterocycles. The Morgan fingerprint density at radius 2 is 1.85 bits per heavy atom. The van der Waals surface area contributed by atoms with Crippen molar-refractivity contribution in [3.8, 4) is 0 Å². The number of ether oxygens (including phenoxy) is 1. The Balaban J connectivity index is 1.96. The number of carbonyl (C=O) groups is 2. The Kier molecular flexibility index (Phi) is 6.16. The van der Waals surface area contributed by atoms with Crippen LogP contribution >= 0.6 is 0 Å². The van der Waals surface area contributed by atoms with Gasteiger partial charge in [0.2, 0.25) is 0 Å². The molecular formula is C19H16F3NO3. The van der Waals surface area contributed by atoms with Crippen molar-refractivity contribution in [3.05, 3.63) is 71.1 Å². The average Bonchev–Trinajstić information content (AvgIpc) is 2.60. The maximum absolute atomic E-state index is 13.5. The molecule has 0 radical (unpaired) electrons. The number of benzene rings is 2. The summed E-state index contributed by atoms with van der Waals surface area (Å²) in [7, 11) is 0. The third kappa shape index (κ3) is 4.95. The number of nitrogens with one attached hydrogen (secondary N) is 1. The van der Waals surface area contributed by atoms with Crippen LogP contribution in [-0.4, -0.2) is 18.0 Å². The van der Waals surface area contributed by atoms with E-state index in [9.17, 15) is 22.8 Å².